The number of carbonyl (C=O) groups is 1. The van der Waals surface area contributed by atoms with Crippen LogP contribution in [0.3, 0.4) is 0 Å². The van der Waals surface area contributed by atoms with Gasteiger partial charge in [-0.2, -0.15) is 0 Å². The maximum Gasteiger partial charge on any atom is 0.146 e. The molecule has 0 spiro atoms. The maximum absolute atomic E-state index is 11.0. The lowest BCUT2D eigenvalue weighted by Gasteiger charge is -2.31. The molecule has 0 aromatic carbocycles. The van der Waals surface area contributed by atoms with Crippen LogP contribution in [-0.4, -0.2) is 42.9 Å². The lowest BCUT2D eigenvalue weighted by atomic mass is 10.2. The molecule has 1 fully saturated rings. The number of hydrogen-bond acceptors (Lipinski definition) is 3. The van der Waals surface area contributed by atoms with Gasteiger partial charge in [0.2, 0.25) is 0 Å². The fraction of sp³-hybridized carbons (Fsp3) is 0.875. The molecule has 1 heterocycles. The molecule has 64 valence electrons. The summed E-state index contributed by atoms with van der Waals surface area (Å²) in [5, 5.41) is 3.26. The number of ketones is 1. The molecule has 1 N–H and O–H groups in total. The Labute approximate surface area is 67.8 Å². The first kappa shape index (κ1) is 8.68. The van der Waals surface area contributed by atoms with Crippen LogP contribution in [0.25, 0.3) is 0 Å². The number of carbonyl (C=O) groups excluding carboxylic acids is 1. The van der Waals surface area contributed by atoms with Crippen molar-refractivity contribution in [2.75, 3.05) is 26.2 Å². The largest absolute Gasteiger partial charge is 0.314 e. The van der Waals surface area contributed by atoms with Crippen LogP contribution < -0.4 is 5.32 Å². The van der Waals surface area contributed by atoms with Gasteiger partial charge in [-0.1, -0.05) is 0 Å². The van der Waals surface area contributed by atoms with Crippen LogP contribution in [0.5, 0.6) is 0 Å². The summed E-state index contributed by atoms with van der Waals surface area (Å²) in [5.41, 5.74) is 0. The first-order valence-electron chi connectivity index (χ1n) is 4.17. The van der Waals surface area contributed by atoms with Crippen LogP contribution in [0.1, 0.15) is 13.8 Å². The van der Waals surface area contributed by atoms with Gasteiger partial charge < -0.3 is 5.32 Å². The van der Waals surface area contributed by atoms with E-state index in [-0.39, 0.29) is 11.8 Å². The fourth-order valence-electron chi connectivity index (χ4n) is 1.33. The number of nitrogens with one attached hydrogen (secondary N) is 1. The van der Waals surface area contributed by atoms with Gasteiger partial charge in [0.25, 0.3) is 0 Å². The number of hydrogen-bond donors (Lipinski definition) is 1. The fourth-order valence-corrected chi connectivity index (χ4v) is 1.33. The predicted molar refractivity (Wildman–Crippen MR) is 44.6 cm³/mol. The smallest absolute Gasteiger partial charge is 0.146 e. The quantitative estimate of drug-likeness (QED) is 0.604. The monoisotopic (exact) mass is 156 g/mol. The first-order valence-corrected chi connectivity index (χ1v) is 4.17. The summed E-state index contributed by atoms with van der Waals surface area (Å²) in [5.74, 6) is 0.270. The van der Waals surface area contributed by atoms with Crippen LogP contribution in [0.15, 0.2) is 0 Å². The van der Waals surface area contributed by atoms with Crippen molar-refractivity contribution in [1.29, 1.82) is 0 Å². The van der Waals surface area contributed by atoms with Crippen molar-refractivity contribution >= 4 is 5.78 Å². The van der Waals surface area contributed by atoms with E-state index in [1.165, 1.54) is 0 Å². The molecule has 1 atom stereocenters. The molecule has 0 amide bonds. The molecule has 11 heavy (non-hydrogen) atoms. The Morgan fingerprint density at radius 1 is 1.45 bits per heavy atom. The average molecular weight is 156 g/mol. The van der Waals surface area contributed by atoms with E-state index in [2.05, 4.69) is 10.2 Å². The van der Waals surface area contributed by atoms with Crippen LogP contribution in [-0.2, 0) is 4.79 Å². The minimum absolute atomic E-state index is 0.108. The summed E-state index contributed by atoms with van der Waals surface area (Å²) in [7, 11) is 0. The van der Waals surface area contributed by atoms with Gasteiger partial charge in [-0.05, 0) is 13.8 Å². The predicted octanol–water partition coefficient (Wildman–Crippen LogP) is -0.131. The molecular weight excluding hydrogens is 140 g/mol. The highest BCUT2D eigenvalue weighted by Crippen LogP contribution is 2.00. The van der Waals surface area contributed by atoms with Gasteiger partial charge in [0.05, 0.1) is 6.04 Å². The van der Waals surface area contributed by atoms with E-state index in [0.29, 0.717) is 0 Å². The molecule has 1 unspecified atom stereocenters. The van der Waals surface area contributed by atoms with Gasteiger partial charge in [0, 0.05) is 26.2 Å². The van der Waals surface area contributed by atoms with Gasteiger partial charge in [0.1, 0.15) is 5.78 Å². The van der Waals surface area contributed by atoms with E-state index >= 15 is 0 Å². The second-order valence-corrected chi connectivity index (χ2v) is 3.07. The zero-order chi connectivity index (χ0) is 8.27. The third kappa shape index (κ3) is 2.27. The van der Waals surface area contributed by atoms with E-state index < -0.39 is 0 Å². The van der Waals surface area contributed by atoms with E-state index in [4.69, 9.17) is 0 Å². The summed E-state index contributed by atoms with van der Waals surface area (Å²) < 4.78 is 0. The van der Waals surface area contributed by atoms with Crippen LogP contribution >= 0.6 is 0 Å². The Morgan fingerprint density at radius 3 is 2.45 bits per heavy atom. The molecule has 1 aliphatic rings. The Kier molecular flexibility index (Phi) is 3.02. The Balaban J connectivity index is 2.38. The molecule has 0 aliphatic carbocycles. The second kappa shape index (κ2) is 3.83. The Bertz CT molecular complexity index is 141. The third-order valence-electron chi connectivity index (χ3n) is 2.29. The second-order valence-electron chi connectivity index (χ2n) is 3.07. The van der Waals surface area contributed by atoms with Gasteiger partial charge in [-0.25, -0.2) is 0 Å². The summed E-state index contributed by atoms with van der Waals surface area (Å²) in [4.78, 5) is 13.2. The molecule has 1 aliphatic heterocycles. The molecule has 1 rings (SSSR count). The molecule has 0 aromatic rings. The maximum atomic E-state index is 11.0. The molecule has 0 bridgehead atoms. The van der Waals surface area contributed by atoms with E-state index in [0.717, 1.165) is 26.2 Å². The normalized spacial score (nSPS) is 23.1. The van der Waals surface area contributed by atoms with Crippen molar-refractivity contribution in [2.24, 2.45) is 0 Å². The zero-order valence-electron chi connectivity index (χ0n) is 7.26. The van der Waals surface area contributed by atoms with E-state index in [9.17, 15) is 4.79 Å². The Morgan fingerprint density at radius 2 is 2.00 bits per heavy atom. The van der Waals surface area contributed by atoms with Crippen LogP contribution in [0.2, 0.25) is 0 Å². The van der Waals surface area contributed by atoms with Crippen molar-refractivity contribution in [2.45, 2.75) is 19.9 Å². The van der Waals surface area contributed by atoms with E-state index in [1.807, 2.05) is 6.92 Å². The highest BCUT2D eigenvalue weighted by Gasteiger charge is 2.18. The van der Waals surface area contributed by atoms with Crippen LogP contribution in [0.4, 0.5) is 0 Å². The third-order valence-corrected chi connectivity index (χ3v) is 2.29. The molecule has 0 saturated carbocycles. The number of piperazine rings is 1. The highest BCUT2D eigenvalue weighted by molar-refractivity contribution is 5.80. The van der Waals surface area contributed by atoms with Crippen LogP contribution in [0, 0.1) is 0 Å². The summed E-state index contributed by atoms with van der Waals surface area (Å²) in [6, 6.07) is 0.108. The van der Waals surface area contributed by atoms with E-state index in [1.54, 1.807) is 6.92 Å². The SMILES string of the molecule is CC(=O)C(C)N1CCNCC1. The molecular formula is C8H16N2O. The lowest BCUT2D eigenvalue weighted by molar-refractivity contribution is -0.121. The van der Waals surface area contributed by atoms with Crippen molar-refractivity contribution in [3.05, 3.63) is 0 Å². The zero-order valence-corrected chi connectivity index (χ0v) is 7.26. The number of nitrogens with zero attached hydrogens (tertiary/aromatic N) is 1. The van der Waals surface area contributed by atoms with Crippen molar-refractivity contribution in [1.82, 2.24) is 10.2 Å². The number of Topliss-reactive ketones (excluding diaryl/α,β-unsaturated/α-hetero) is 1. The van der Waals surface area contributed by atoms with Gasteiger partial charge in [-0.3, -0.25) is 9.69 Å². The van der Waals surface area contributed by atoms with Gasteiger partial charge in [-0.15, -0.1) is 0 Å². The minimum Gasteiger partial charge on any atom is -0.314 e. The minimum atomic E-state index is 0.108. The van der Waals surface area contributed by atoms with Gasteiger partial charge >= 0.3 is 0 Å². The topological polar surface area (TPSA) is 32.3 Å². The summed E-state index contributed by atoms with van der Waals surface area (Å²) in [6.07, 6.45) is 0. The summed E-state index contributed by atoms with van der Waals surface area (Å²) in [6.45, 7) is 7.66. The molecule has 0 aromatic heterocycles. The number of rotatable bonds is 2. The molecule has 0 radical (unpaired) electrons. The van der Waals surface area contributed by atoms with Crippen molar-refractivity contribution in [3.63, 3.8) is 0 Å². The average Bonchev–Trinajstić information content (AvgIpc) is 2.05. The summed E-state index contributed by atoms with van der Waals surface area (Å²) >= 11 is 0. The first-order chi connectivity index (χ1) is 5.22. The molecule has 3 nitrogen and oxygen atoms in total. The highest BCUT2D eigenvalue weighted by atomic mass is 16.1. The van der Waals surface area contributed by atoms with Gasteiger partial charge in [0.15, 0.2) is 0 Å². The standard InChI is InChI=1S/C8H16N2O/c1-7(8(2)11)10-5-3-9-4-6-10/h7,9H,3-6H2,1-2H3. The molecule has 1 saturated heterocycles. The molecule has 3 heteroatoms. The lowest BCUT2D eigenvalue weighted by Crippen LogP contribution is -2.49. The van der Waals surface area contributed by atoms with Crippen molar-refractivity contribution in [3.8, 4) is 0 Å². The Hall–Kier alpha value is -0.410. The van der Waals surface area contributed by atoms with Crippen molar-refractivity contribution < 1.29 is 4.79 Å².